The van der Waals surface area contributed by atoms with Crippen LogP contribution >= 0.6 is 0 Å². The first-order valence-corrected chi connectivity index (χ1v) is 8.97. The highest BCUT2D eigenvalue weighted by Gasteiger charge is 2.20. The molecule has 0 saturated heterocycles. The Kier molecular flexibility index (Phi) is 3.93. The molecular formula is C18H18N2O3S. The Balaban J connectivity index is 2.13. The number of aromatic nitrogens is 1. The number of hydrogen-bond acceptors (Lipinski definition) is 4. The molecule has 5 nitrogen and oxygen atoms in total. The van der Waals surface area contributed by atoms with E-state index in [2.05, 4.69) is 9.71 Å². The van der Waals surface area contributed by atoms with Gasteiger partial charge in [0.1, 0.15) is 11.6 Å². The molecule has 0 radical (unpaired) electrons. The fourth-order valence-corrected chi connectivity index (χ4v) is 3.94. The topological polar surface area (TPSA) is 79.3 Å². The van der Waals surface area contributed by atoms with Crippen molar-refractivity contribution in [3.63, 3.8) is 0 Å². The minimum atomic E-state index is -3.80. The number of anilines is 1. The zero-order chi connectivity index (χ0) is 17.5. The number of benzene rings is 2. The summed E-state index contributed by atoms with van der Waals surface area (Å²) in [5, 5.41) is 11.4. The number of rotatable bonds is 3. The van der Waals surface area contributed by atoms with Crippen molar-refractivity contribution in [2.45, 2.75) is 25.7 Å². The Labute approximate surface area is 141 Å². The number of aryl methyl sites for hydroxylation is 1. The average molecular weight is 342 g/mol. The maximum atomic E-state index is 12.9. The van der Waals surface area contributed by atoms with Crippen molar-refractivity contribution in [2.75, 3.05) is 4.72 Å². The molecule has 0 bridgehead atoms. The fourth-order valence-electron chi connectivity index (χ4n) is 2.64. The molecule has 2 aromatic carbocycles. The lowest BCUT2D eigenvalue weighted by molar-refractivity contribution is 0.463. The molecule has 1 heterocycles. The summed E-state index contributed by atoms with van der Waals surface area (Å²) in [5.41, 5.74) is 1.59. The number of pyridine rings is 1. The summed E-state index contributed by atoms with van der Waals surface area (Å²) in [6, 6.07) is 12.5. The number of nitrogens with zero attached hydrogens (tertiary/aromatic N) is 1. The van der Waals surface area contributed by atoms with Gasteiger partial charge in [0.2, 0.25) is 0 Å². The SMILES string of the molecule is Cc1nc(NS(=O)(=O)c2cccc3ccccc23)c(C)c(C)c1O. The quantitative estimate of drug-likeness (QED) is 0.761. The smallest absolute Gasteiger partial charge is 0.263 e. The van der Waals surface area contributed by atoms with Gasteiger partial charge in [-0.1, -0.05) is 36.4 Å². The Hall–Kier alpha value is -2.60. The third-order valence-corrected chi connectivity index (χ3v) is 5.56. The molecule has 0 aliphatic rings. The lowest BCUT2D eigenvalue weighted by Crippen LogP contribution is -2.16. The van der Waals surface area contributed by atoms with E-state index >= 15 is 0 Å². The molecular weight excluding hydrogens is 324 g/mol. The van der Waals surface area contributed by atoms with E-state index in [9.17, 15) is 13.5 Å². The lowest BCUT2D eigenvalue weighted by Gasteiger charge is -2.15. The summed E-state index contributed by atoms with van der Waals surface area (Å²) in [5.74, 6) is 0.316. The van der Waals surface area contributed by atoms with Crippen molar-refractivity contribution in [2.24, 2.45) is 0 Å². The standard InChI is InChI=1S/C18H18N2O3S/c1-11-12(2)18(19-13(3)17(11)21)20-24(22,23)16-10-6-8-14-7-4-5-9-15(14)16/h4-10,21H,1-3H3,(H,19,20). The van der Waals surface area contributed by atoms with Crippen LogP contribution in [0.3, 0.4) is 0 Å². The highest BCUT2D eigenvalue weighted by molar-refractivity contribution is 7.93. The number of aromatic hydroxyl groups is 1. The average Bonchev–Trinajstić information content (AvgIpc) is 2.57. The van der Waals surface area contributed by atoms with E-state index in [4.69, 9.17) is 0 Å². The summed E-state index contributed by atoms with van der Waals surface area (Å²) < 4.78 is 28.3. The predicted octanol–water partition coefficient (Wildman–Crippen LogP) is 3.67. The van der Waals surface area contributed by atoms with Crippen molar-refractivity contribution in [3.05, 3.63) is 59.3 Å². The minimum absolute atomic E-state index is 0.0839. The number of sulfonamides is 1. The van der Waals surface area contributed by atoms with Crippen LogP contribution in [-0.2, 0) is 10.0 Å². The number of nitrogens with one attached hydrogen (secondary N) is 1. The maximum absolute atomic E-state index is 12.9. The number of fused-ring (bicyclic) bond motifs is 1. The van der Waals surface area contributed by atoms with E-state index in [1.54, 1.807) is 45.0 Å². The van der Waals surface area contributed by atoms with Gasteiger partial charge < -0.3 is 5.11 Å². The zero-order valence-corrected chi connectivity index (χ0v) is 14.5. The summed E-state index contributed by atoms with van der Waals surface area (Å²) in [7, 11) is -3.80. The van der Waals surface area contributed by atoms with Crippen molar-refractivity contribution in [1.29, 1.82) is 0 Å². The molecule has 0 fully saturated rings. The van der Waals surface area contributed by atoms with E-state index in [0.29, 0.717) is 22.2 Å². The molecule has 3 rings (SSSR count). The van der Waals surface area contributed by atoms with Crippen LogP contribution in [0.25, 0.3) is 10.8 Å². The fraction of sp³-hybridized carbons (Fsp3) is 0.167. The molecule has 0 aliphatic heterocycles. The molecule has 0 saturated carbocycles. The molecule has 124 valence electrons. The highest BCUT2D eigenvalue weighted by Crippen LogP contribution is 2.30. The second kappa shape index (κ2) is 5.79. The van der Waals surface area contributed by atoms with Crippen molar-refractivity contribution < 1.29 is 13.5 Å². The molecule has 24 heavy (non-hydrogen) atoms. The second-order valence-electron chi connectivity index (χ2n) is 5.73. The van der Waals surface area contributed by atoms with E-state index < -0.39 is 10.0 Å². The molecule has 0 amide bonds. The van der Waals surface area contributed by atoms with Gasteiger partial charge in [-0.15, -0.1) is 0 Å². The van der Waals surface area contributed by atoms with Crippen LogP contribution in [0.4, 0.5) is 5.82 Å². The summed E-state index contributed by atoms with van der Waals surface area (Å²) >= 11 is 0. The van der Waals surface area contributed by atoms with Gasteiger partial charge in [0.15, 0.2) is 0 Å². The van der Waals surface area contributed by atoms with Crippen molar-refractivity contribution in [1.82, 2.24) is 4.98 Å². The first-order valence-electron chi connectivity index (χ1n) is 7.48. The number of hydrogen-bond donors (Lipinski definition) is 2. The maximum Gasteiger partial charge on any atom is 0.263 e. The molecule has 0 atom stereocenters. The summed E-state index contributed by atoms with van der Waals surface area (Å²) in [4.78, 5) is 4.38. The molecule has 6 heteroatoms. The lowest BCUT2D eigenvalue weighted by atomic mass is 10.1. The minimum Gasteiger partial charge on any atom is -0.506 e. The third kappa shape index (κ3) is 2.69. The van der Waals surface area contributed by atoms with Gasteiger partial charge in [-0.05, 0) is 43.4 Å². The van der Waals surface area contributed by atoms with Crippen LogP contribution in [-0.4, -0.2) is 18.5 Å². The largest absolute Gasteiger partial charge is 0.506 e. The monoisotopic (exact) mass is 342 g/mol. The van der Waals surface area contributed by atoms with E-state index in [-0.39, 0.29) is 16.5 Å². The summed E-state index contributed by atoms with van der Waals surface area (Å²) in [6.07, 6.45) is 0. The molecule has 0 unspecified atom stereocenters. The Morgan fingerprint density at radius 1 is 0.958 bits per heavy atom. The van der Waals surface area contributed by atoms with Gasteiger partial charge in [-0.2, -0.15) is 0 Å². The van der Waals surface area contributed by atoms with Gasteiger partial charge in [-0.25, -0.2) is 13.4 Å². The second-order valence-corrected chi connectivity index (χ2v) is 7.38. The first kappa shape index (κ1) is 16.3. The van der Waals surface area contributed by atoms with Gasteiger partial charge in [0.25, 0.3) is 10.0 Å². The van der Waals surface area contributed by atoms with Crippen LogP contribution in [0, 0.1) is 20.8 Å². The van der Waals surface area contributed by atoms with E-state index in [1.165, 1.54) is 0 Å². The van der Waals surface area contributed by atoms with E-state index in [1.807, 2.05) is 18.2 Å². The van der Waals surface area contributed by atoms with Crippen LogP contribution in [0.1, 0.15) is 16.8 Å². The Morgan fingerprint density at radius 3 is 2.38 bits per heavy atom. The molecule has 3 aromatic rings. The molecule has 1 aromatic heterocycles. The van der Waals surface area contributed by atoms with Crippen LogP contribution in [0.2, 0.25) is 0 Å². The normalized spacial score (nSPS) is 11.6. The third-order valence-electron chi connectivity index (χ3n) is 4.17. The molecule has 0 spiro atoms. The van der Waals surface area contributed by atoms with Gasteiger partial charge in [0, 0.05) is 5.39 Å². The highest BCUT2D eigenvalue weighted by atomic mass is 32.2. The van der Waals surface area contributed by atoms with Gasteiger partial charge >= 0.3 is 0 Å². The van der Waals surface area contributed by atoms with Crippen LogP contribution in [0.5, 0.6) is 5.75 Å². The van der Waals surface area contributed by atoms with Gasteiger partial charge in [0.05, 0.1) is 10.6 Å². The Bertz CT molecular complexity index is 1040. The molecule has 2 N–H and O–H groups in total. The zero-order valence-electron chi connectivity index (χ0n) is 13.7. The molecule has 0 aliphatic carbocycles. The van der Waals surface area contributed by atoms with E-state index in [0.717, 1.165) is 5.39 Å². The van der Waals surface area contributed by atoms with Gasteiger partial charge in [-0.3, -0.25) is 4.72 Å². The van der Waals surface area contributed by atoms with Crippen LogP contribution in [0.15, 0.2) is 47.4 Å². The predicted molar refractivity (Wildman–Crippen MR) is 94.9 cm³/mol. The van der Waals surface area contributed by atoms with Crippen molar-refractivity contribution in [3.8, 4) is 5.75 Å². The van der Waals surface area contributed by atoms with Crippen LogP contribution < -0.4 is 4.72 Å². The Morgan fingerprint density at radius 2 is 1.62 bits per heavy atom. The van der Waals surface area contributed by atoms with Crippen molar-refractivity contribution >= 4 is 26.6 Å². The summed E-state index contributed by atoms with van der Waals surface area (Å²) in [6.45, 7) is 5.09. The first-order chi connectivity index (χ1) is 11.3.